The quantitative estimate of drug-likeness (QED) is 0.493. The van der Waals surface area contributed by atoms with Crippen molar-refractivity contribution in [2.24, 2.45) is 17.3 Å². The Labute approximate surface area is 68.0 Å². The van der Waals surface area contributed by atoms with Crippen LogP contribution >= 0.6 is 0 Å². The van der Waals surface area contributed by atoms with Crippen LogP contribution in [0.1, 0.15) is 25.7 Å². The molecular weight excluding hydrogens is 132 g/mol. The number of hydrogen-bond acceptors (Lipinski definition) is 0. The maximum absolute atomic E-state index is 2.48. The highest BCUT2D eigenvalue weighted by Crippen LogP contribution is 2.59. The van der Waals surface area contributed by atoms with Gasteiger partial charge in [0, 0.05) is 0 Å². The molecule has 0 aromatic rings. The van der Waals surface area contributed by atoms with E-state index in [1.807, 2.05) is 0 Å². The molecule has 0 amide bonds. The Morgan fingerprint density at radius 1 is 1.27 bits per heavy atom. The predicted octanol–water partition coefficient (Wildman–Crippen LogP) is 2.92. The topological polar surface area (TPSA) is 0 Å². The molecule has 3 aliphatic carbocycles. The van der Waals surface area contributed by atoms with Gasteiger partial charge in [-0.25, -0.2) is 0 Å². The third kappa shape index (κ3) is 0.654. The van der Waals surface area contributed by atoms with E-state index in [-0.39, 0.29) is 0 Å². The Morgan fingerprint density at radius 3 is 3.09 bits per heavy atom. The van der Waals surface area contributed by atoms with Crippen molar-refractivity contribution >= 4 is 0 Å². The maximum Gasteiger partial charge on any atom is -0.00494 e. The van der Waals surface area contributed by atoms with Crippen LogP contribution in [0.4, 0.5) is 0 Å². The standard InChI is InChI=1S/C11H14/c1-2-5-11-6-4-9(8-11)7-10(11)3-1/h1-3,5,9-10H,4,6-8H2. The second-order valence-electron chi connectivity index (χ2n) is 4.43. The average Bonchev–Trinajstić information content (AvgIpc) is 2.57. The summed E-state index contributed by atoms with van der Waals surface area (Å²) in [4.78, 5) is 0. The Bertz CT molecular complexity index is 236. The molecule has 0 heteroatoms. The van der Waals surface area contributed by atoms with Crippen molar-refractivity contribution < 1.29 is 0 Å². The third-order valence-corrected chi connectivity index (χ3v) is 3.90. The Morgan fingerprint density at radius 2 is 2.27 bits per heavy atom. The summed E-state index contributed by atoms with van der Waals surface area (Å²) < 4.78 is 0. The lowest BCUT2D eigenvalue weighted by atomic mass is 9.73. The van der Waals surface area contributed by atoms with Crippen LogP contribution in [0.25, 0.3) is 0 Å². The molecule has 0 nitrogen and oxygen atoms in total. The molecule has 58 valence electrons. The summed E-state index contributed by atoms with van der Waals surface area (Å²) in [6.45, 7) is 0. The fourth-order valence-corrected chi connectivity index (χ4v) is 3.34. The normalized spacial score (nSPS) is 51.6. The minimum atomic E-state index is 0.638. The number of hydrogen-bond donors (Lipinski definition) is 0. The summed E-state index contributed by atoms with van der Waals surface area (Å²) in [5.74, 6) is 1.97. The Balaban J connectivity index is 2.05. The first-order valence-corrected chi connectivity index (χ1v) is 4.75. The van der Waals surface area contributed by atoms with E-state index in [4.69, 9.17) is 0 Å². The highest BCUT2D eigenvalue weighted by Gasteiger charge is 2.49. The lowest BCUT2D eigenvalue weighted by Crippen LogP contribution is -2.22. The van der Waals surface area contributed by atoms with E-state index >= 15 is 0 Å². The summed E-state index contributed by atoms with van der Waals surface area (Å²) in [5.41, 5.74) is 0.638. The van der Waals surface area contributed by atoms with Crippen molar-refractivity contribution in [1.29, 1.82) is 0 Å². The smallest absolute Gasteiger partial charge is 0.00494 e. The molecule has 2 fully saturated rings. The van der Waals surface area contributed by atoms with Gasteiger partial charge in [-0.2, -0.15) is 0 Å². The summed E-state index contributed by atoms with van der Waals surface area (Å²) >= 11 is 0. The maximum atomic E-state index is 2.48. The molecule has 0 saturated heterocycles. The number of fused-ring (bicyclic) bond motifs is 1. The van der Waals surface area contributed by atoms with Gasteiger partial charge in [0.25, 0.3) is 0 Å². The highest BCUT2D eigenvalue weighted by molar-refractivity contribution is 5.24. The molecule has 0 radical (unpaired) electrons. The number of rotatable bonds is 0. The van der Waals surface area contributed by atoms with E-state index in [9.17, 15) is 0 Å². The van der Waals surface area contributed by atoms with Crippen LogP contribution in [0.2, 0.25) is 0 Å². The van der Waals surface area contributed by atoms with Crippen LogP contribution in [0.3, 0.4) is 0 Å². The summed E-state index contributed by atoms with van der Waals surface area (Å²) in [7, 11) is 0. The van der Waals surface area contributed by atoms with Gasteiger partial charge in [0.1, 0.15) is 0 Å². The fraction of sp³-hybridized carbons (Fsp3) is 0.636. The van der Waals surface area contributed by atoms with Gasteiger partial charge in [-0.05, 0) is 42.9 Å². The molecule has 0 aromatic carbocycles. The summed E-state index contributed by atoms with van der Waals surface area (Å²) in [6.07, 6.45) is 15.3. The monoisotopic (exact) mass is 146 g/mol. The first-order valence-electron chi connectivity index (χ1n) is 4.75. The summed E-state index contributed by atoms with van der Waals surface area (Å²) in [6, 6.07) is 0. The molecule has 1 spiro atoms. The van der Waals surface area contributed by atoms with E-state index in [2.05, 4.69) is 24.3 Å². The minimum absolute atomic E-state index is 0.638. The van der Waals surface area contributed by atoms with Crippen LogP contribution in [0.5, 0.6) is 0 Å². The van der Waals surface area contributed by atoms with Crippen molar-refractivity contribution in [3.8, 4) is 0 Å². The van der Waals surface area contributed by atoms with Crippen molar-refractivity contribution in [2.75, 3.05) is 0 Å². The van der Waals surface area contributed by atoms with Crippen LogP contribution < -0.4 is 0 Å². The molecular formula is C11H14. The van der Waals surface area contributed by atoms with E-state index in [1.54, 1.807) is 0 Å². The Hall–Kier alpha value is -0.520. The second-order valence-corrected chi connectivity index (χ2v) is 4.43. The molecule has 3 rings (SSSR count). The van der Waals surface area contributed by atoms with Crippen molar-refractivity contribution in [3.05, 3.63) is 24.3 Å². The van der Waals surface area contributed by atoms with Crippen LogP contribution in [-0.4, -0.2) is 0 Å². The zero-order valence-corrected chi connectivity index (χ0v) is 6.79. The fourth-order valence-electron chi connectivity index (χ4n) is 3.34. The third-order valence-electron chi connectivity index (χ3n) is 3.90. The average molecular weight is 146 g/mol. The molecule has 2 saturated carbocycles. The van der Waals surface area contributed by atoms with Crippen molar-refractivity contribution in [1.82, 2.24) is 0 Å². The first-order chi connectivity index (χ1) is 5.39. The molecule has 3 aliphatic rings. The largest absolute Gasteiger partial charge is 0.0806 e. The van der Waals surface area contributed by atoms with Crippen LogP contribution in [0.15, 0.2) is 24.3 Å². The zero-order valence-electron chi connectivity index (χ0n) is 6.79. The minimum Gasteiger partial charge on any atom is -0.0806 e. The molecule has 0 aliphatic heterocycles. The molecule has 0 heterocycles. The second kappa shape index (κ2) is 1.80. The molecule has 3 atom stereocenters. The van der Waals surface area contributed by atoms with Gasteiger partial charge in [-0.1, -0.05) is 24.3 Å². The van der Waals surface area contributed by atoms with Crippen LogP contribution in [-0.2, 0) is 0 Å². The first kappa shape index (κ1) is 6.05. The van der Waals surface area contributed by atoms with Gasteiger partial charge < -0.3 is 0 Å². The van der Waals surface area contributed by atoms with Gasteiger partial charge in [0.2, 0.25) is 0 Å². The van der Waals surface area contributed by atoms with E-state index in [1.165, 1.54) is 25.7 Å². The number of allylic oxidation sites excluding steroid dienone is 4. The van der Waals surface area contributed by atoms with E-state index in [0.29, 0.717) is 5.41 Å². The zero-order chi connectivity index (χ0) is 7.31. The highest BCUT2D eigenvalue weighted by atomic mass is 14.5. The van der Waals surface area contributed by atoms with Crippen LogP contribution in [0, 0.1) is 17.3 Å². The molecule has 2 bridgehead atoms. The van der Waals surface area contributed by atoms with Gasteiger partial charge >= 0.3 is 0 Å². The van der Waals surface area contributed by atoms with Crippen molar-refractivity contribution in [2.45, 2.75) is 25.7 Å². The Kier molecular flexibility index (Phi) is 0.988. The SMILES string of the molecule is C1=CC2CC3CCC2(C=C1)C3. The van der Waals surface area contributed by atoms with Crippen molar-refractivity contribution in [3.63, 3.8) is 0 Å². The van der Waals surface area contributed by atoms with E-state index in [0.717, 1.165) is 11.8 Å². The molecule has 11 heavy (non-hydrogen) atoms. The van der Waals surface area contributed by atoms with E-state index < -0.39 is 0 Å². The lowest BCUT2D eigenvalue weighted by Gasteiger charge is -2.32. The van der Waals surface area contributed by atoms with Gasteiger partial charge in [0.05, 0.1) is 0 Å². The predicted molar refractivity (Wildman–Crippen MR) is 46.2 cm³/mol. The van der Waals surface area contributed by atoms with Gasteiger partial charge in [-0.15, -0.1) is 0 Å². The lowest BCUT2D eigenvalue weighted by molar-refractivity contribution is 0.297. The van der Waals surface area contributed by atoms with Gasteiger partial charge in [-0.3, -0.25) is 0 Å². The van der Waals surface area contributed by atoms with Gasteiger partial charge in [0.15, 0.2) is 0 Å². The molecule has 0 N–H and O–H groups in total. The summed E-state index contributed by atoms with van der Waals surface area (Å²) in [5, 5.41) is 0. The molecule has 0 aromatic heterocycles. The molecule has 3 unspecified atom stereocenters.